The van der Waals surface area contributed by atoms with Crippen molar-refractivity contribution in [1.29, 1.82) is 0 Å². The van der Waals surface area contributed by atoms with E-state index in [0.717, 1.165) is 5.76 Å². The number of likely N-dealkylation sites (tertiary alicyclic amines) is 1. The van der Waals surface area contributed by atoms with Crippen LogP contribution in [0.4, 0.5) is 0 Å². The van der Waals surface area contributed by atoms with E-state index in [0.29, 0.717) is 26.2 Å². The quantitative estimate of drug-likeness (QED) is 0.719. The minimum Gasteiger partial charge on any atom is -0.467 e. The Bertz CT molecular complexity index is 512. The number of rotatable bonds is 7. The predicted molar refractivity (Wildman–Crippen MR) is 79.2 cm³/mol. The fourth-order valence-corrected chi connectivity index (χ4v) is 2.51. The number of carbonyl (C=O) groups is 2. The van der Waals surface area contributed by atoms with E-state index in [1.807, 2.05) is 6.07 Å². The molecule has 0 spiro atoms. The van der Waals surface area contributed by atoms with Gasteiger partial charge in [-0.25, -0.2) is 0 Å². The minimum atomic E-state index is -0.299. The summed E-state index contributed by atoms with van der Waals surface area (Å²) in [5.74, 6) is 0.393. The summed E-state index contributed by atoms with van der Waals surface area (Å²) in [5, 5.41) is 0. The Morgan fingerprint density at radius 3 is 2.71 bits per heavy atom. The maximum Gasteiger partial charge on any atom is 0.228 e. The fourth-order valence-electron chi connectivity index (χ4n) is 2.51. The van der Waals surface area contributed by atoms with Crippen LogP contribution < -0.4 is 0 Å². The number of hydrogen-bond donors (Lipinski definition) is 0. The van der Waals surface area contributed by atoms with Gasteiger partial charge in [-0.15, -0.1) is 13.2 Å². The Morgan fingerprint density at radius 1 is 1.43 bits per heavy atom. The maximum absolute atomic E-state index is 12.4. The van der Waals surface area contributed by atoms with Crippen LogP contribution in [0.2, 0.25) is 0 Å². The van der Waals surface area contributed by atoms with Gasteiger partial charge in [-0.05, 0) is 12.1 Å². The molecule has 0 N–H and O–H groups in total. The smallest absolute Gasteiger partial charge is 0.228 e. The maximum atomic E-state index is 12.4. The molecule has 2 amide bonds. The number of nitrogens with zero attached hydrogens (tertiary/aromatic N) is 2. The third-order valence-corrected chi connectivity index (χ3v) is 3.50. The van der Waals surface area contributed by atoms with Crippen molar-refractivity contribution in [3.05, 3.63) is 49.5 Å². The summed E-state index contributed by atoms with van der Waals surface area (Å²) in [7, 11) is 0. The van der Waals surface area contributed by atoms with E-state index in [-0.39, 0.29) is 24.2 Å². The van der Waals surface area contributed by atoms with Gasteiger partial charge >= 0.3 is 0 Å². The molecule has 1 fully saturated rings. The molecule has 1 aromatic heterocycles. The van der Waals surface area contributed by atoms with E-state index >= 15 is 0 Å². The second kappa shape index (κ2) is 6.92. The van der Waals surface area contributed by atoms with Crippen molar-refractivity contribution in [1.82, 2.24) is 9.80 Å². The molecule has 5 nitrogen and oxygen atoms in total. The Kier molecular flexibility index (Phi) is 4.98. The Morgan fingerprint density at radius 2 is 2.14 bits per heavy atom. The van der Waals surface area contributed by atoms with Gasteiger partial charge in [-0.1, -0.05) is 12.2 Å². The number of hydrogen-bond acceptors (Lipinski definition) is 3. The van der Waals surface area contributed by atoms with Crippen molar-refractivity contribution in [2.45, 2.75) is 13.0 Å². The molecule has 5 heteroatoms. The van der Waals surface area contributed by atoms with Crippen LogP contribution in [0.3, 0.4) is 0 Å². The average Bonchev–Trinajstić information content (AvgIpc) is 3.09. The lowest BCUT2D eigenvalue weighted by molar-refractivity contribution is -0.134. The summed E-state index contributed by atoms with van der Waals surface area (Å²) in [5.41, 5.74) is 0. The average molecular weight is 288 g/mol. The monoisotopic (exact) mass is 288 g/mol. The highest BCUT2D eigenvalue weighted by Gasteiger charge is 2.36. The van der Waals surface area contributed by atoms with E-state index < -0.39 is 0 Å². The Balaban J connectivity index is 1.98. The molecule has 1 atom stereocenters. The summed E-state index contributed by atoms with van der Waals surface area (Å²) in [6.45, 7) is 9.09. The summed E-state index contributed by atoms with van der Waals surface area (Å²) >= 11 is 0. The van der Waals surface area contributed by atoms with Crippen LogP contribution in [0.15, 0.2) is 48.1 Å². The van der Waals surface area contributed by atoms with E-state index in [2.05, 4.69) is 13.2 Å². The SMILES string of the molecule is C=CCN(CC=C)C(=O)C1CC(=O)N(Cc2ccco2)C1. The van der Waals surface area contributed by atoms with Crippen LogP contribution in [0.5, 0.6) is 0 Å². The van der Waals surface area contributed by atoms with Gasteiger partial charge in [0.25, 0.3) is 0 Å². The molecule has 2 rings (SSSR count). The van der Waals surface area contributed by atoms with Crippen LogP contribution in [0.1, 0.15) is 12.2 Å². The first-order valence-corrected chi connectivity index (χ1v) is 6.96. The van der Waals surface area contributed by atoms with Gasteiger partial charge in [0.05, 0.1) is 18.7 Å². The van der Waals surface area contributed by atoms with Gasteiger partial charge in [0.1, 0.15) is 5.76 Å². The second-order valence-corrected chi connectivity index (χ2v) is 5.08. The summed E-state index contributed by atoms with van der Waals surface area (Å²) in [6.07, 6.45) is 5.19. The van der Waals surface area contributed by atoms with E-state index in [1.165, 1.54) is 0 Å². The lowest BCUT2D eigenvalue weighted by Crippen LogP contribution is -2.37. The Hall–Kier alpha value is -2.30. The lowest BCUT2D eigenvalue weighted by Gasteiger charge is -2.23. The molecule has 0 saturated carbocycles. The Labute approximate surface area is 124 Å². The van der Waals surface area contributed by atoms with Gasteiger partial charge in [-0.3, -0.25) is 9.59 Å². The highest BCUT2D eigenvalue weighted by atomic mass is 16.3. The summed E-state index contributed by atoms with van der Waals surface area (Å²) < 4.78 is 5.25. The number of furan rings is 1. The van der Waals surface area contributed by atoms with Gasteiger partial charge in [0, 0.05) is 26.1 Å². The molecule has 1 aromatic rings. The van der Waals surface area contributed by atoms with Crippen LogP contribution in [-0.2, 0) is 16.1 Å². The van der Waals surface area contributed by atoms with Crippen molar-refractivity contribution in [3.63, 3.8) is 0 Å². The highest BCUT2D eigenvalue weighted by Crippen LogP contribution is 2.22. The highest BCUT2D eigenvalue weighted by molar-refractivity contribution is 5.89. The number of amides is 2. The zero-order valence-electron chi connectivity index (χ0n) is 12.0. The van der Waals surface area contributed by atoms with Crippen molar-refractivity contribution < 1.29 is 14.0 Å². The minimum absolute atomic E-state index is 0.0121. The zero-order valence-corrected chi connectivity index (χ0v) is 12.0. The van der Waals surface area contributed by atoms with Crippen molar-refractivity contribution in [3.8, 4) is 0 Å². The van der Waals surface area contributed by atoms with E-state index in [4.69, 9.17) is 4.42 Å². The first kappa shape index (κ1) is 15.1. The lowest BCUT2D eigenvalue weighted by atomic mass is 10.1. The van der Waals surface area contributed by atoms with Crippen molar-refractivity contribution in [2.75, 3.05) is 19.6 Å². The van der Waals surface area contributed by atoms with Crippen LogP contribution in [-0.4, -0.2) is 41.2 Å². The zero-order chi connectivity index (χ0) is 15.2. The first-order chi connectivity index (χ1) is 10.2. The van der Waals surface area contributed by atoms with E-state index in [9.17, 15) is 9.59 Å². The van der Waals surface area contributed by atoms with Crippen LogP contribution >= 0.6 is 0 Å². The molecule has 0 bridgehead atoms. The number of carbonyl (C=O) groups excluding carboxylic acids is 2. The van der Waals surface area contributed by atoms with Crippen molar-refractivity contribution in [2.24, 2.45) is 5.92 Å². The topological polar surface area (TPSA) is 53.8 Å². The molecule has 2 heterocycles. The van der Waals surface area contributed by atoms with E-state index in [1.54, 1.807) is 34.3 Å². The molecule has 112 valence electrons. The molecule has 0 aliphatic carbocycles. The van der Waals surface area contributed by atoms with Gasteiger partial charge in [0.2, 0.25) is 11.8 Å². The standard InChI is InChI=1S/C16H20N2O3/c1-3-7-17(8-4-2)16(20)13-10-15(19)18(11-13)12-14-6-5-9-21-14/h3-6,9,13H,1-2,7-8,10-12H2. The molecule has 0 aromatic carbocycles. The first-order valence-electron chi connectivity index (χ1n) is 6.96. The molecule has 1 unspecified atom stereocenters. The largest absolute Gasteiger partial charge is 0.467 e. The van der Waals surface area contributed by atoms with Crippen LogP contribution in [0, 0.1) is 5.92 Å². The summed E-state index contributed by atoms with van der Waals surface area (Å²) in [6, 6.07) is 3.61. The second-order valence-electron chi connectivity index (χ2n) is 5.08. The predicted octanol–water partition coefficient (Wildman–Crippen LogP) is 1.83. The van der Waals surface area contributed by atoms with Gasteiger partial charge in [0.15, 0.2) is 0 Å². The summed E-state index contributed by atoms with van der Waals surface area (Å²) in [4.78, 5) is 27.8. The molecular weight excluding hydrogens is 268 g/mol. The van der Waals surface area contributed by atoms with Gasteiger partial charge in [-0.2, -0.15) is 0 Å². The van der Waals surface area contributed by atoms with Crippen molar-refractivity contribution >= 4 is 11.8 Å². The third-order valence-electron chi connectivity index (χ3n) is 3.50. The molecule has 1 aliphatic heterocycles. The molecular formula is C16H20N2O3. The molecule has 21 heavy (non-hydrogen) atoms. The molecule has 0 radical (unpaired) electrons. The molecule has 1 saturated heterocycles. The normalized spacial score (nSPS) is 17.8. The fraction of sp³-hybridized carbons (Fsp3) is 0.375. The third kappa shape index (κ3) is 3.62. The van der Waals surface area contributed by atoms with Crippen LogP contribution in [0.25, 0.3) is 0 Å². The van der Waals surface area contributed by atoms with Gasteiger partial charge < -0.3 is 14.2 Å². The molecule has 1 aliphatic rings.